The molecule has 0 amide bonds. The second kappa shape index (κ2) is 75.1. The van der Waals surface area contributed by atoms with Crippen molar-refractivity contribution in [2.75, 3.05) is 39.6 Å². The number of carbonyl (C=O) groups is 4. The molecule has 0 aromatic heterocycles. The van der Waals surface area contributed by atoms with Crippen LogP contribution in [0.15, 0.2) is 0 Å². The van der Waals surface area contributed by atoms with Gasteiger partial charge in [-0.2, -0.15) is 0 Å². The average molecular weight is 1520 g/mol. The number of aliphatic hydroxyl groups is 1. The zero-order valence-corrected chi connectivity index (χ0v) is 70.3. The van der Waals surface area contributed by atoms with Gasteiger partial charge < -0.3 is 33.8 Å². The minimum Gasteiger partial charge on any atom is -0.462 e. The number of esters is 4. The van der Waals surface area contributed by atoms with Crippen molar-refractivity contribution >= 4 is 39.5 Å². The minimum atomic E-state index is -4.97. The van der Waals surface area contributed by atoms with Crippen LogP contribution in [0.3, 0.4) is 0 Å². The van der Waals surface area contributed by atoms with E-state index in [9.17, 15) is 43.2 Å². The van der Waals surface area contributed by atoms with E-state index in [0.29, 0.717) is 25.7 Å². The van der Waals surface area contributed by atoms with Crippen LogP contribution in [0.1, 0.15) is 447 Å². The topological polar surface area (TPSA) is 237 Å². The number of rotatable bonds is 83. The Labute approximate surface area is 638 Å². The van der Waals surface area contributed by atoms with Crippen molar-refractivity contribution in [1.82, 2.24) is 0 Å². The molecule has 0 bridgehead atoms. The molecule has 0 aliphatic rings. The number of hydrogen-bond acceptors (Lipinski definition) is 15. The molecule has 618 valence electrons. The third-order valence-corrected chi connectivity index (χ3v) is 22.5. The molecule has 19 heteroatoms. The van der Waals surface area contributed by atoms with Crippen LogP contribution in [0.2, 0.25) is 0 Å². The van der Waals surface area contributed by atoms with E-state index in [0.717, 1.165) is 108 Å². The highest BCUT2D eigenvalue weighted by molar-refractivity contribution is 7.47. The van der Waals surface area contributed by atoms with E-state index in [-0.39, 0.29) is 25.7 Å². The smallest absolute Gasteiger partial charge is 0.462 e. The molecule has 0 heterocycles. The molecule has 7 atom stereocenters. The molecule has 104 heavy (non-hydrogen) atoms. The van der Waals surface area contributed by atoms with Crippen molar-refractivity contribution in [3.05, 3.63) is 0 Å². The van der Waals surface area contributed by atoms with Crippen molar-refractivity contribution in [2.24, 2.45) is 17.8 Å². The van der Waals surface area contributed by atoms with Gasteiger partial charge in [0.15, 0.2) is 12.2 Å². The lowest BCUT2D eigenvalue weighted by molar-refractivity contribution is -0.161. The van der Waals surface area contributed by atoms with E-state index in [1.165, 1.54) is 257 Å². The number of hydrogen-bond donors (Lipinski definition) is 3. The summed E-state index contributed by atoms with van der Waals surface area (Å²) in [7, 11) is -9.93. The normalized spacial score (nSPS) is 14.4. The van der Waals surface area contributed by atoms with Crippen molar-refractivity contribution < 1.29 is 80.2 Å². The Kier molecular flexibility index (Phi) is 73.7. The summed E-state index contributed by atoms with van der Waals surface area (Å²) in [5.41, 5.74) is 0. The van der Waals surface area contributed by atoms with Gasteiger partial charge in [0.25, 0.3) is 0 Å². The third-order valence-electron chi connectivity index (χ3n) is 20.6. The number of phosphoric ester groups is 2. The third kappa shape index (κ3) is 75.5. The van der Waals surface area contributed by atoms with Gasteiger partial charge in [0.2, 0.25) is 0 Å². The molecule has 0 spiro atoms. The fourth-order valence-corrected chi connectivity index (χ4v) is 14.7. The summed E-state index contributed by atoms with van der Waals surface area (Å²) in [6, 6.07) is 0. The number of phosphoric acid groups is 2. The number of unbranched alkanes of at least 4 members (excludes halogenated alkanes) is 49. The molecule has 0 fully saturated rings. The first kappa shape index (κ1) is 102. The quantitative estimate of drug-likeness (QED) is 0.0222. The maximum atomic E-state index is 13.1. The van der Waals surface area contributed by atoms with Crippen LogP contribution < -0.4 is 0 Å². The van der Waals surface area contributed by atoms with Gasteiger partial charge in [-0.3, -0.25) is 37.3 Å². The molecule has 4 unspecified atom stereocenters. The number of aliphatic hydroxyl groups excluding tert-OH is 1. The predicted octanol–water partition coefficient (Wildman–Crippen LogP) is 25.7. The first-order valence-electron chi connectivity index (χ1n) is 43.9. The predicted molar refractivity (Wildman–Crippen MR) is 428 cm³/mol. The van der Waals surface area contributed by atoms with Crippen LogP contribution in [-0.4, -0.2) is 96.7 Å². The van der Waals surface area contributed by atoms with Crippen LogP contribution in [0.4, 0.5) is 0 Å². The first-order valence-corrected chi connectivity index (χ1v) is 46.9. The largest absolute Gasteiger partial charge is 0.472 e. The lowest BCUT2D eigenvalue weighted by Gasteiger charge is -2.21. The van der Waals surface area contributed by atoms with Crippen LogP contribution in [0.25, 0.3) is 0 Å². The van der Waals surface area contributed by atoms with Gasteiger partial charge in [-0.05, 0) is 43.4 Å². The van der Waals surface area contributed by atoms with E-state index in [4.69, 9.17) is 37.0 Å². The van der Waals surface area contributed by atoms with E-state index < -0.39 is 97.5 Å². The summed E-state index contributed by atoms with van der Waals surface area (Å²) >= 11 is 0. The number of carbonyl (C=O) groups excluding carboxylic acids is 4. The Hall–Kier alpha value is -1.94. The van der Waals surface area contributed by atoms with Gasteiger partial charge in [-0.1, -0.05) is 395 Å². The summed E-state index contributed by atoms with van der Waals surface area (Å²) in [5, 5.41) is 10.7. The fraction of sp³-hybridized carbons (Fsp3) is 0.953. The maximum absolute atomic E-state index is 13.1. The zero-order chi connectivity index (χ0) is 76.5. The molecule has 0 rings (SSSR count). The Bertz CT molecular complexity index is 2010. The Morgan fingerprint density at radius 1 is 0.279 bits per heavy atom. The standard InChI is InChI=1S/C85H166O17P2/c1-8-11-12-13-14-15-16-17-18-21-25-28-31-37-45-52-59-66-82(87)95-72-80(101-84(89)68-61-54-47-38-32-29-26-23-20-19-22-24-27-30-35-43-50-57-64-77(6)9-2)74-99-103(91,92)97-70-79(86)71-98-104(93,94)100-75-81(73-96-83(88)67-60-53-46-41-40-42-49-56-63-76(4)5)102-85(90)69-62-55-48-39-34-33-36-44-51-58-65-78(7)10-3/h76-81,86H,8-75H2,1-7H3,(H,91,92)(H,93,94)/t77?,78?,79-,80-,81-/m1/s1. The number of ether oxygens (including phenoxy) is 4. The van der Waals surface area contributed by atoms with Crippen LogP contribution in [0, 0.1) is 17.8 Å². The Morgan fingerprint density at radius 3 is 0.731 bits per heavy atom. The molecule has 0 saturated carbocycles. The Balaban J connectivity index is 5.24. The van der Waals surface area contributed by atoms with Crippen molar-refractivity contribution in [1.29, 1.82) is 0 Å². The zero-order valence-electron chi connectivity index (χ0n) is 68.5. The van der Waals surface area contributed by atoms with Gasteiger partial charge >= 0.3 is 39.5 Å². The summed E-state index contributed by atoms with van der Waals surface area (Å²) < 4.78 is 68.9. The molecule has 3 N–H and O–H groups in total. The molecule has 0 aliphatic carbocycles. The van der Waals surface area contributed by atoms with E-state index in [1.54, 1.807) is 0 Å². The second-order valence-electron chi connectivity index (χ2n) is 31.5. The molecule has 0 saturated heterocycles. The highest BCUT2D eigenvalue weighted by atomic mass is 31.2. The minimum absolute atomic E-state index is 0.106. The highest BCUT2D eigenvalue weighted by Crippen LogP contribution is 2.45. The van der Waals surface area contributed by atoms with E-state index in [1.807, 2.05) is 0 Å². The van der Waals surface area contributed by atoms with Crippen LogP contribution in [-0.2, 0) is 65.4 Å². The van der Waals surface area contributed by atoms with Crippen molar-refractivity contribution in [3.8, 4) is 0 Å². The van der Waals surface area contributed by atoms with Gasteiger partial charge in [0.1, 0.15) is 19.3 Å². The van der Waals surface area contributed by atoms with Crippen LogP contribution in [0.5, 0.6) is 0 Å². The van der Waals surface area contributed by atoms with Crippen molar-refractivity contribution in [2.45, 2.75) is 465 Å². The molecule has 17 nitrogen and oxygen atoms in total. The van der Waals surface area contributed by atoms with Crippen molar-refractivity contribution in [3.63, 3.8) is 0 Å². The Morgan fingerprint density at radius 2 is 0.490 bits per heavy atom. The van der Waals surface area contributed by atoms with Crippen LogP contribution >= 0.6 is 15.6 Å². The molecule has 0 aliphatic heterocycles. The SMILES string of the molecule is CCCCCCCCCCCCCCCCCCCC(=O)OC[C@H](COP(=O)(O)OC[C@@H](O)COP(=O)(O)OC[C@@H](COC(=O)CCCCCCCCCCC(C)C)OC(=O)CCCCCCCCCCCCC(C)CC)OC(=O)CCCCCCCCCCCCCCCCCCCCC(C)CC. The van der Waals surface area contributed by atoms with Gasteiger partial charge in [-0.25, -0.2) is 9.13 Å². The molecular weight excluding hydrogens is 1350 g/mol. The molecule has 0 aromatic rings. The summed E-state index contributed by atoms with van der Waals surface area (Å²) in [4.78, 5) is 73.2. The highest BCUT2D eigenvalue weighted by Gasteiger charge is 2.30. The first-order chi connectivity index (χ1) is 50.3. The van der Waals surface area contributed by atoms with E-state index >= 15 is 0 Å². The lowest BCUT2D eigenvalue weighted by Crippen LogP contribution is -2.30. The fourth-order valence-electron chi connectivity index (χ4n) is 13.1. The lowest BCUT2D eigenvalue weighted by atomic mass is 9.99. The van der Waals surface area contributed by atoms with E-state index in [2.05, 4.69) is 48.5 Å². The van der Waals surface area contributed by atoms with Gasteiger partial charge in [0.05, 0.1) is 26.4 Å². The average Bonchev–Trinajstić information content (AvgIpc) is 0.907. The summed E-state index contributed by atoms with van der Waals surface area (Å²) in [6.45, 7) is 12.0. The van der Waals surface area contributed by atoms with Gasteiger partial charge in [0, 0.05) is 25.7 Å². The second-order valence-corrected chi connectivity index (χ2v) is 34.4. The maximum Gasteiger partial charge on any atom is 0.472 e. The summed E-state index contributed by atoms with van der Waals surface area (Å²) in [6.07, 6.45) is 65.2. The summed E-state index contributed by atoms with van der Waals surface area (Å²) in [5.74, 6) is 0.294. The molecular formula is C85H166O17P2. The monoisotopic (exact) mass is 1520 g/mol. The molecule has 0 radical (unpaired) electrons. The van der Waals surface area contributed by atoms with Gasteiger partial charge in [-0.15, -0.1) is 0 Å². The molecule has 0 aromatic carbocycles.